The minimum Gasteiger partial charge on any atom is -0.490 e. The van der Waals surface area contributed by atoms with Crippen molar-refractivity contribution in [2.45, 2.75) is 52.1 Å². The van der Waals surface area contributed by atoms with Crippen LogP contribution in [0.5, 0.6) is 5.75 Å². The molecule has 2 nitrogen and oxygen atoms in total. The molecule has 1 aromatic carbocycles. The van der Waals surface area contributed by atoms with E-state index in [0.717, 1.165) is 16.9 Å². The number of rotatable bonds is 3. The summed E-state index contributed by atoms with van der Waals surface area (Å²) in [6.45, 7) is 4.76. The molecule has 0 bridgehead atoms. The van der Waals surface area contributed by atoms with Crippen molar-refractivity contribution in [3.63, 3.8) is 0 Å². The molecule has 0 aliphatic heterocycles. The second kappa shape index (κ2) is 7.36. The molecule has 2 rings (SSSR count). The van der Waals surface area contributed by atoms with Gasteiger partial charge < -0.3 is 10.5 Å². The predicted molar refractivity (Wildman–Crippen MR) is 83.8 cm³/mol. The fourth-order valence-corrected chi connectivity index (χ4v) is 2.97. The molecule has 1 aliphatic carbocycles. The quantitative estimate of drug-likeness (QED) is 0.852. The molecule has 1 saturated carbocycles. The van der Waals surface area contributed by atoms with Crippen molar-refractivity contribution in [3.05, 3.63) is 29.3 Å². The molecule has 1 aliphatic rings. The SMILES string of the molecule is CCC1CCCCC1Oc1ccc(C#CCN)cc1C. The largest absolute Gasteiger partial charge is 0.490 e. The Kier molecular flexibility index (Phi) is 5.49. The molecule has 2 N–H and O–H groups in total. The zero-order chi connectivity index (χ0) is 14.4. The highest BCUT2D eigenvalue weighted by molar-refractivity contribution is 5.43. The Morgan fingerprint density at radius 2 is 2.10 bits per heavy atom. The van der Waals surface area contributed by atoms with Crippen molar-refractivity contribution in [3.8, 4) is 17.6 Å². The van der Waals surface area contributed by atoms with Crippen LogP contribution in [0.25, 0.3) is 0 Å². The number of benzene rings is 1. The Balaban J connectivity index is 2.09. The van der Waals surface area contributed by atoms with Gasteiger partial charge in [0.15, 0.2) is 0 Å². The van der Waals surface area contributed by atoms with Crippen molar-refractivity contribution < 1.29 is 4.74 Å². The van der Waals surface area contributed by atoms with Gasteiger partial charge in [0.05, 0.1) is 6.54 Å². The molecule has 0 aromatic heterocycles. The summed E-state index contributed by atoms with van der Waals surface area (Å²) in [6.07, 6.45) is 6.73. The molecule has 20 heavy (non-hydrogen) atoms. The molecule has 0 spiro atoms. The third kappa shape index (κ3) is 3.77. The number of hydrogen-bond donors (Lipinski definition) is 1. The molecule has 1 fully saturated rings. The molecule has 0 saturated heterocycles. The van der Waals surface area contributed by atoms with E-state index in [0.29, 0.717) is 18.6 Å². The summed E-state index contributed by atoms with van der Waals surface area (Å²) < 4.78 is 6.28. The third-order valence-corrected chi connectivity index (χ3v) is 4.15. The van der Waals surface area contributed by atoms with Crippen LogP contribution < -0.4 is 10.5 Å². The molecule has 2 unspecified atom stereocenters. The van der Waals surface area contributed by atoms with Gasteiger partial charge in [-0.05, 0) is 62.3 Å². The summed E-state index contributed by atoms with van der Waals surface area (Å²) in [5.74, 6) is 7.67. The number of hydrogen-bond acceptors (Lipinski definition) is 2. The monoisotopic (exact) mass is 271 g/mol. The standard InChI is InChI=1S/C18H25NO/c1-3-16-8-4-5-9-18(16)20-17-11-10-15(7-6-12-19)13-14(17)2/h10-11,13,16,18H,3-5,8-9,12,19H2,1-2H3. The zero-order valence-electron chi connectivity index (χ0n) is 12.6. The predicted octanol–water partition coefficient (Wildman–Crippen LogP) is 3.65. The lowest BCUT2D eigenvalue weighted by Crippen LogP contribution is -2.30. The van der Waals surface area contributed by atoms with E-state index < -0.39 is 0 Å². The zero-order valence-corrected chi connectivity index (χ0v) is 12.6. The Morgan fingerprint density at radius 1 is 1.30 bits per heavy atom. The summed E-state index contributed by atoms with van der Waals surface area (Å²) in [7, 11) is 0. The first-order valence-electron chi connectivity index (χ1n) is 7.70. The summed E-state index contributed by atoms with van der Waals surface area (Å²) >= 11 is 0. The van der Waals surface area contributed by atoms with Crippen LogP contribution in [0.1, 0.15) is 50.2 Å². The molecule has 0 amide bonds. The molecule has 0 radical (unpaired) electrons. The first-order valence-corrected chi connectivity index (χ1v) is 7.70. The van der Waals surface area contributed by atoms with E-state index in [2.05, 4.69) is 37.8 Å². The van der Waals surface area contributed by atoms with Crippen LogP contribution in [0, 0.1) is 24.7 Å². The maximum atomic E-state index is 6.28. The van der Waals surface area contributed by atoms with Gasteiger partial charge in [-0.25, -0.2) is 0 Å². The lowest BCUT2D eigenvalue weighted by Gasteiger charge is -2.31. The van der Waals surface area contributed by atoms with Gasteiger partial charge in [-0.1, -0.05) is 25.2 Å². The second-order valence-corrected chi connectivity index (χ2v) is 5.60. The fourth-order valence-electron chi connectivity index (χ4n) is 2.97. The Labute approximate surface area is 122 Å². The first-order chi connectivity index (χ1) is 9.74. The summed E-state index contributed by atoms with van der Waals surface area (Å²) in [6, 6.07) is 6.16. The van der Waals surface area contributed by atoms with Gasteiger partial charge >= 0.3 is 0 Å². The number of nitrogens with two attached hydrogens (primary N) is 1. The molecule has 108 valence electrons. The van der Waals surface area contributed by atoms with Gasteiger partial charge in [0.2, 0.25) is 0 Å². The van der Waals surface area contributed by atoms with Crippen molar-refractivity contribution >= 4 is 0 Å². The van der Waals surface area contributed by atoms with Crippen LogP contribution in [0.15, 0.2) is 18.2 Å². The van der Waals surface area contributed by atoms with Crippen LogP contribution in [-0.4, -0.2) is 12.6 Å². The average molecular weight is 271 g/mol. The maximum absolute atomic E-state index is 6.28. The number of aryl methyl sites for hydroxylation is 1. The minimum absolute atomic E-state index is 0.383. The Morgan fingerprint density at radius 3 is 2.80 bits per heavy atom. The Hall–Kier alpha value is -1.46. The molecule has 2 atom stereocenters. The Bertz CT molecular complexity index is 498. The smallest absolute Gasteiger partial charge is 0.122 e. The molecule has 0 heterocycles. The topological polar surface area (TPSA) is 35.2 Å². The highest BCUT2D eigenvalue weighted by Gasteiger charge is 2.25. The fraction of sp³-hybridized carbons (Fsp3) is 0.556. The average Bonchev–Trinajstić information content (AvgIpc) is 2.48. The summed E-state index contributed by atoms with van der Waals surface area (Å²) in [4.78, 5) is 0. The van der Waals surface area contributed by atoms with E-state index in [4.69, 9.17) is 10.5 Å². The third-order valence-electron chi connectivity index (χ3n) is 4.15. The highest BCUT2D eigenvalue weighted by atomic mass is 16.5. The van der Waals surface area contributed by atoms with Crippen LogP contribution >= 0.6 is 0 Å². The number of ether oxygens (including phenoxy) is 1. The van der Waals surface area contributed by atoms with Gasteiger partial charge in [-0.3, -0.25) is 0 Å². The maximum Gasteiger partial charge on any atom is 0.122 e. The molecule has 2 heteroatoms. The van der Waals surface area contributed by atoms with Gasteiger partial charge in [0, 0.05) is 5.56 Å². The van der Waals surface area contributed by atoms with Crippen LogP contribution in [0.2, 0.25) is 0 Å². The van der Waals surface area contributed by atoms with Gasteiger partial charge in [0.1, 0.15) is 11.9 Å². The van der Waals surface area contributed by atoms with Crippen molar-refractivity contribution in [2.75, 3.05) is 6.54 Å². The van der Waals surface area contributed by atoms with Crippen molar-refractivity contribution in [2.24, 2.45) is 11.7 Å². The van der Waals surface area contributed by atoms with Crippen LogP contribution in [0.3, 0.4) is 0 Å². The van der Waals surface area contributed by atoms with E-state index in [9.17, 15) is 0 Å². The molecule has 1 aromatic rings. The van der Waals surface area contributed by atoms with Crippen LogP contribution in [-0.2, 0) is 0 Å². The lowest BCUT2D eigenvalue weighted by molar-refractivity contribution is 0.0897. The minimum atomic E-state index is 0.383. The van der Waals surface area contributed by atoms with E-state index >= 15 is 0 Å². The lowest BCUT2D eigenvalue weighted by atomic mass is 9.84. The van der Waals surface area contributed by atoms with E-state index in [1.165, 1.54) is 32.1 Å². The van der Waals surface area contributed by atoms with Crippen LogP contribution in [0.4, 0.5) is 0 Å². The van der Waals surface area contributed by atoms with Gasteiger partial charge in [0.25, 0.3) is 0 Å². The van der Waals surface area contributed by atoms with E-state index in [1.54, 1.807) is 0 Å². The van der Waals surface area contributed by atoms with Gasteiger partial charge in [-0.15, -0.1) is 0 Å². The van der Waals surface area contributed by atoms with Crippen molar-refractivity contribution in [1.82, 2.24) is 0 Å². The van der Waals surface area contributed by atoms with Crippen molar-refractivity contribution in [1.29, 1.82) is 0 Å². The summed E-state index contributed by atoms with van der Waals surface area (Å²) in [5.41, 5.74) is 7.57. The molecular formula is C18H25NO. The summed E-state index contributed by atoms with van der Waals surface area (Å²) in [5, 5.41) is 0. The highest BCUT2D eigenvalue weighted by Crippen LogP contribution is 2.31. The first kappa shape index (κ1) is 14.9. The second-order valence-electron chi connectivity index (χ2n) is 5.60. The van der Waals surface area contributed by atoms with Gasteiger partial charge in [-0.2, -0.15) is 0 Å². The van der Waals surface area contributed by atoms with E-state index in [1.807, 2.05) is 6.07 Å². The molecular weight excluding hydrogens is 246 g/mol. The normalized spacial score (nSPS) is 21.9. The van der Waals surface area contributed by atoms with E-state index in [-0.39, 0.29) is 0 Å².